The lowest BCUT2D eigenvalue weighted by molar-refractivity contribution is -0.116. The van der Waals surface area contributed by atoms with Crippen LogP contribution in [0.4, 0.5) is 0 Å². The van der Waals surface area contributed by atoms with Crippen LogP contribution in [-0.2, 0) is 11.2 Å². The number of carbonyl (C=O) groups is 1. The van der Waals surface area contributed by atoms with Crippen molar-refractivity contribution in [3.8, 4) is 0 Å². The molecule has 0 unspecified atom stereocenters. The maximum Gasteiger partial charge on any atom is 0.244 e. The number of rotatable bonds is 5. The molecule has 3 heteroatoms. The van der Waals surface area contributed by atoms with Gasteiger partial charge in [-0.05, 0) is 36.6 Å². The molecule has 23 heavy (non-hydrogen) atoms. The van der Waals surface area contributed by atoms with Crippen molar-refractivity contribution in [1.29, 1.82) is 0 Å². The standard InChI is InChI=1S/C20H20N2O/c1-15-6-8-16(9-7-15)10-11-20(23)21-13-12-17-14-22-19-5-3-2-4-18(17)19/h2-11,14,22H,12-13H2,1H3,(H,21,23)/b11-10+. The lowest BCUT2D eigenvalue weighted by Gasteiger charge is -2.02. The van der Waals surface area contributed by atoms with Gasteiger partial charge in [0.2, 0.25) is 5.91 Å². The van der Waals surface area contributed by atoms with E-state index in [4.69, 9.17) is 0 Å². The van der Waals surface area contributed by atoms with Gasteiger partial charge in [0.15, 0.2) is 0 Å². The van der Waals surface area contributed by atoms with Crippen LogP contribution in [0, 0.1) is 6.92 Å². The first-order chi connectivity index (χ1) is 11.2. The van der Waals surface area contributed by atoms with Crippen molar-refractivity contribution in [2.24, 2.45) is 0 Å². The summed E-state index contributed by atoms with van der Waals surface area (Å²) in [5.41, 5.74) is 4.60. The van der Waals surface area contributed by atoms with Gasteiger partial charge >= 0.3 is 0 Å². The van der Waals surface area contributed by atoms with E-state index in [0.29, 0.717) is 6.54 Å². The molecule has 3 rings (SSSR count). The Morgan fingerprint density at radius 3 is 2.74 bits per heavy atom. The molecule has 1 heterocycles. The molecule has 2 N–H and O–H groups in total. The fourth-order valence-corrected chi connectivity index (χ4v) is 2.57. The summed E-state index contributed by atoms with van der Waals surface area (Å²) >= 11 is 0. The predicted octanol–water partition coefficient (Wildman–Crippen LogP) is 3.85. The topological polar surface area (TPSA) is 44.9 Å². The summed E-state index contributed by atoms with van der Waals surface area (Å²) < 4.78 is 0. The van der Waals surface area contributed by atoms with Gasteiger partial charge in [-0.15, -0.1) is 0 Å². The van der Waals surface area contributed by atoms with Gasteiger partial charge in [-0.25, -0.2) is 0 Å². The highest BCUT2D eigenvalue weighted by atomic mass is 16.1. The molecule has 0 atom stereocenters. The van der Waals surface area contributed by atoms with Crippen LogP contribution in [0.5, 0.6) is 0 Å². The van der Waals surface area contributed by atoms with Crippen LogP contribution in [0.3, 0.4) is 0 Å². The van der Waals surface area contributed by atoms with Crippen LogP contribution >= 0.6 is 0 Å². The summed E-state index contributed by atoms with van der Waals surface area (Å²) in [4.78, 5) is 15.1. The van der Waals surface area contributed by atoms with Crippen LogP contribution in [0.25, 0.3) is 17.0 Å². The van der Waals surface area contributed by atoms with Gasteiger partial charge in [0, 0.05) is 29.7 Å². The van der Waals surface area contributed by atoms with E-state index in [-0.39, 0.29) is 5.91 Å². The third-order valence-electron chi connectivity index (χ3n) is 3.87. The van der Waals surface area contributed by atoms with E-state index in [0.717, 1.165) is 17.5 Å². The molecule has 0 bridgehead atoms. The van der Waals surface area contributed by atoms with Gasteiger partial charge in [-0.3, -0.25) is 4.79 Å². The third-order valence-corrected chi connectivity index (χ3v) is 3.87. The van der Waals surface area contributed by atoms with E-state index in [1.165, 1.54) is 16.5 Å². The zero-order valence-electron chi connectivity index (χ0n) is 13.2. The Bertz CT molecular complexity index is 828. The second-order valence-electron chi connectivity index (χ2n) is 5.64. The molecule has 0 aliphatic carbocycles. The molecule has 3 aromatic rings. The van der Waals surface area contributed by atoms with E-state index < -0.39 is 0 Å². The zero-order valence-corrected chi connectivity index (χ0v) is 13.2. The third kappa shape index (κ3) is 3.89. The monoisotopic (exact) mass is 304 g/mol. The van der Waals surface area contributed by atoms with E-state index >= 15 is 0 Å². The molecule has 2 aromatic carbocycles. The minimum absolute atomic E-state index is 0.0644. The molecule has 1 aromatic heterocycles. The highest BCUT2D eigenvalue weighted by molar-refractivity contribution is 5.91. The summed E-state index contributed by atoms with van der Waals surface area (Å²) in [7, 11) is 0. The highest BCUT2D eigenvalue weighted by Crippen LogP contribution is 2.17. The average Bonchev–Trinajstić information content (AvgIpc) is 2.98. The second-order valence-corrected chi connectivity index (χ2v) is 5.64. The van der Waals surface area contributed by atoms with E-state index in [1.54, 1.807) is 6.08 Å². The molecule has 3 nitrogen and oxygen atoms in total. The second kappa shape index (κ2) is 6.97. The Balaban J connectivity index is 1.52. The summed E-state index contributed by atoms with van der Waals surface area (Å²) in [6.07, 6.45) is 6.24. The van der Waals surface area contributed by atoms with E-state index in [2.05, 4.69) is 22.4 Å². The van der Waals surface area contributed by atoms with Gasteiger partial charge in [0.05, 0.1) is 0 Å². The van der Waals surface area contributed by atoms with Crippen molar-refractivity contribution in [1.82, 2.24) is 10.3 Å². The molecule has 0 aliphatic rings. The quantitative estimate of drug-likeness (QED) is 0.691. The molecule has 0 fully saturated rings. The molecule has 0 saturated heterocycles. The molecule has 0 radical (unpaired) electrons. The number of benzene rings is 2. The number of aromatic nitrogens is 1. The summed E-state index contributed by atoms with van der Waals surface area (Å²) in [6.45, 7) is 2.67. The Morgan fingerprint density at radius 1 is 1.13 bits per heavy atom. The number of para-hydroxylation sites is 1. The Hall–Kier alpha value is -2.81. The number of fused-ring (bicyclic) bond motifs is 1. The molecule has 0 saturated carbocycles. The van der Waals surface area contributed by atoms with Gasteiger partial charge in [0.1, 0.15) is 0 Å². The molecular formula is C20H20N2O. The molecule has 0 aliphatic heterocycles. The van der Waals surface area contributed by atoms with Gasteiger partial charge in [-0.1, -0.05) is 48.0 Å². The maximum atomic E-state index is 11.9. The summed E-state index contributed by atoms with van der Waals surface area (Å²) in [5, 5.41) is 4.15. The number of hydrogen-bond donors (Lipinski definition) is 2. The van der Waals surface area contributed by atoms with E-state index in [1.807, 2.05) is 55.6 Å². The Morgan fingerprint density at radius 2 is 1.91 bits per heavy atom. The number of nitrogens with one attached hydrogen (secondary N) is 2. The highest BCUT2D eigenvalue weighted by Gasteiger charge is 2.03. The fraction of sp³-hybridized carbons (Fsp3) is 0.150. The lowest BCUT2D eigenvalue weighted by Crippen LogP contribution is -2.23. The Kier molecular flexibility index (Phi) is 4.57. The number of carbonyl (C=O) groups excluding carboxylic acids is 1. The lowest BCUT2D eigenvalue weighted by atomic mass is 10.1. The normalized spacial score (nSPS) is 11.2. The average molecular weight is 304 g/mol. The fourth-order valence-electron chi connectivity index (χ4n) is 2.57. The van der Waals surface area contributed by atoms with Crippen molar-refractivity contribution in [3.63, 3.8) is 0 Å². The van der Waals surface area contributed by atoms with Crippen molar-refractivity contribution >= 4 is 22.9 Å². The van der Waals surface area contributed by atoms with Crippen LogP contribution in [0.1, 0.15) is 16.7 Å². The van der Waals surface area contributed by atoms with Crippen molar-refractivity contribution in [2.75, 3.05) is 6.54 Å². The van der Waals surface area contributed by atoms with Crippen molar-refractivity contribution < 1.29 is 4.79 Å². The molecule has 1 amide bonds. The number of hydrogen-bond acceptors (Lipinski definition) is 1. The molecular weight excluding hydrogens is 284 g/mol. The first kappa shape index (κ1) is 15.1. The van der Waals surface area contributed by atoms with Crippen LogP contribution in [0.15, 0.2) is 60.8 Å². The van der Waals surface area contributed by atoms with Crippen molar-refractivity contribution in [3.05, 3.63) is 77.5 Å². The number of aryl methyl sites for hydroxylation is 1. The maximum absolute atomic E-state index is 11.9. The zero-order chi connectivity index (χ0) is 16.1. The van der Waals surface area contributed by atoms with Crippen LogP contribution < -0.4 is 5.32 Å². The first-order valence-electron chi connectivity index (χ1n) is 7.80. The van der Waals surface area contributed by atoms with Crippen molar-refractivity contribution in [2.45, 2.75) is 13.3 Å². The minimum atomic E-state index is -0.0644. The summed E-state index contributed by atoms with van der Waals surface area (Å²) in [5.74, 6) is -0.0644. The van der Waals surface area contributed by atoms with Gasteiger partial charge < -0.3 is 10.3 Å². The number of H-pyrrole nitrogens is 1. The van der Waals surface area contributed by atoms with Gasteiger partial charge in [0.25, 0.3) is 0 Å². The van der Waals surface area contributed by atoms with E-state index in [9.17, 15) is 4.79 Å². The summed E-state index contributed by atoms with van der Waals surface area (Å²) in [6, 6.07) is 16.3. The predicted molar refractivity (Wildman–Crippen MR) is 95.2 cm³/mol. The first-order valence-corrected chi connectivity index (χ1v) is 7.80. The van der Waals surface area contributed by atoms with Crippen LogP contribution in [0.2, 0.25) is 0 Å². The number of aromatic amines is 1. The molecule has 116 valence electrons. The minimum Gasteiger partial charge on any atom is -0.361 e. The number of amides is 1. The largest absolute Gasteiger partial charge is 0.361 e. The van der Waals surface area contributed by atoms with Gasteiger partial charge in [-0.2, -0.15) is 0 Å². The Labute approximate surface area is 136 Å². The van der Waals surface area contributed by atoms with Crippen LogP contribution in [-0.4, -0.2) is 17.4 Å². The SMILES string of the molecule is Cc1ccc(/C=C/C(=O)NCCc2c[nH]c3ccccc23)cc1. The smallest absolute Gasteiger partial charge is 0.244 e. The molecule has 0 spiro atoms.